The lowest BCUT2D eigenvalue weighted by atomic mass is 9.92. The van der Waals surface area contributed by atoms with Gasteiger partial charge in [-0.05, 0) is 76.5 Å². The van der Waals surface area contributed by atoms with Crippen molar-refractivity contribution in [3.8, 4) is 0 Å². The number of carbonyl (C=O) groups excluding carboxylic acids is 3. The Hall–Kier alpha value is -3.85. The number of rotatable bonds is 7. The molecule has 1 atom stereocenters. The van der Waals surface area contributed by atoms with Gasteiger partial charge in [0.25, 0.3) is 0 Å². The van der Waals surface area contributed by atoms with E-state index in [0.717, 1.165) is 22.3 Å². The van der Waals surface area contributed by atoms with Crippen LogP contribution in [0.1, 0.15) is 35.3 Å². The van der Waals surface area contributed by atoms with Gasteiger partial charge in [0.2, 0.25) is 11.8 Å². The number of anilines is 3. The van der Waals surface area contributed by atoms with E-state index in [1.54, 1.807) is 33.5 Å². The van der Waals surface area contributed by atoms with Gasteiger partial charge in [0.15, 0.2) is 0 Å². The van der Waals surface area contributed by atoms with Crippen molar-refractivity contribution in [3.05, 3.63) is 68.6 Å². The van der Waals surface area contributed by atoms with Crippen LogP contribution in [0.2, 0.25) is 0 Å². The summed E-state index contributed by atoms with van der Waals surface area (Å²) in [4.78, 5) is 52.9. The van der Waals surface area contributed by atoms with Crippen molar-refractivity contribution in [1.82, 2.24) is 19.7 Å². The zero-order chi connectivity index (χ0) is 33.3. The fraction of sp³-hybridized carbons (Fsp3) is 0.438. The molecule has 6 rings (SSSR count). The maximum absolute atomic E-state index is 14.0. The third-order valence-corrected chi connectivity index (χ3v) is 10.7. The third kappa shape index (κ3) is 7.35. The SMILES string of the molecule is Nc1c(Br)cc(C[C@@H](CC(=O)N2CCC(N3Cc4sccc4NC3=O)CC2)C(=O)N2CCN(c3ccncc3)CC2)cc1C(F)(F)F. The van der Waals surface area contributed by atoms with E-state index < -0.39 is 23.3 Å². The number of benzene rings is 1. The van der Waals surface area contributed by atoms with Crippen LogP contribution in [0.3, 0.4) is 0 Å². The van der Waals surface area contributed by atoms with Crippen molar-refractivity contribution in [3.63, 3.8) is 0 Å². The minimum absolute atomic E-state index is 0.0312. The number of halogens is 4. The van der Waals surface area contributed by atoms with E-state index in [1.807, 2.05) is 28.5 Å². The summed E-state index contributed by atoms with van der Waals surface area (Å²) in [6, 6.07) is 7.97. The number of thiophene rings is 1. The van der Waals surface area contributed by atoms with E-state index >= 15 is 0 Å². The number of hydrogen-bond donors (Lipinski definition) is 2. The lowest BCUT2D eigenvalue weighted by Crippen LogP contribution is -2.52. The predicted octanol–water partition coefficient (Wildman–Crippen LogP) is 5.44. The van der Waals surface area contributed by atoms with Gasteiger partial charge < -0.3 is 30.7 Å². The van der Waals surface area contributed by atoms with Crippen molar-refractivity contribution in [2.45, 2.75) is 44.4 Å². The topological polar surface area (TPSA) is 115 Å². The van der Waals surface area contributed by atoms with Crippen LogP contribution < -0.4 is 16.0 Å². The maximum Gasteiger partial charge on any atom is 0.418 e. The Balaban J connectivity index is 1.15. The number of nitrogens with one attached hydrogen (secondary N) is 1. The Morgan fingerprint density at radius 2 is 1.74 bits per heavy atom. The first-order valence-electron chi connectivity index (χ1n) is 15.5. The van der Waals surface area contributed by atoms with Crippen molar-refractivity contribution < 1.29 is 27.6 Å². The van der Waals surface area contributed by atoms with E-state index in [9.17, 15) is 27.6 Å². The molecule has 4 amide bonds. The highest BCUT2D eigenvalue weighted by molar-refractivity contribution is 9.10. The Morgan fingerprint density at radius 3 is 2.43 bits per heavy atom. The number of likely N-dealkylation sites (tertiary alicyclic amines) is 1. The van der Waals surface area contributed by atoms with Gasteiger partial charge in [-0.3, -0.25) is 14.6 Å². The summed E-state index contributed by atoms with van der Waals surface area (Å²) >= 11 is 4.74. The van der Waals surface area contributed by atoms with Gasteiger partial charge in [-0.15, -0.1) is 11.3 Å². The number of piperidine rings is 1. The van der Waals surface area contributed by atoms with E-state index in [0.29, 0.717) is 58.7 Å². The molecular weight excluding hydrogens is 699 g/mol. The molecule has 3 aliphatic rings. The standard InChI is InChI=1S/C32H35BrF3N7O3S/c33-25-17-20(16-24(29(25)37)32(34,35)36)15-21(30(45)42-12-10-40(11-13-42)22-1-6-38-7-2-22)18-28(44)41-8-3-23(4-9-41)43-19-27-26(5-14-47-27)39-31(43)46/h1-2,5-7,14,16-17,21,23H,3-4,8-13,15,18-19,37H2,(H,39,46)/t21-/m0/s1. The molecule has 15 heteroatoms. The number of pyridine rings is 1. The second-order valence-corrected chi connectivity index (χ2v) is 13.9. The first-order valence-corrected chi connectivity index (χ1v) is 17.2. The van der Waals surface area contributed by atoms with Gasteiger partial charge >= 0.3 is 12.2 Å². The Morgan fingerprint density at radius 1 is 1.04 bits per heavy atom. The number of piperazine rings is 1. The molecule has 3 aliphatic heterocycles. The fourth-order valence-electron chi connectivity index (χ4n) is 6.61. The predicted molar refractivity (Wildman–Crippen MR) is 177 cm³/mol. The molecular formula is C32H35BrF3N7O3S. The summed E-state index contributed by atoms with van der Waals surface area (Å²) in [6.07, 6.45) is -0.270. The molecule has 10 nitrogen and oxygen atoms in total. The van der Waals surface area contributed by atoms with Crippen molar-refractivity contribution >= 4 is 62.2 Å². The number of carbonyl (C=O) groups is 3. The number of hydrogen-bond acceptors (Lipinski definition) is 7. The molecule has 0 saturated carbocycles. The minimum Gasteiger partial charge on any atom is -0.397 e. The third-order valence-electron chi connectivity index (χ3n) is 9.19. The molecule has 0 unspecified atom stereocenters. The van der Waals surface area contributed by atoms with E-state index in [-0.39, 0.29) is 46.8 Å². The zero-order valence-corrected chi connectivity index (χ0v) is 27.9. The summed E-state index contributed by atoms with van der Waals surface area (Å²) in [6.45, 7) is 3.35. The summed E-state index contributed by atoms with van der Waals surface area (Å²) in [5.41, 5.74) is 6.43. The van der Waals surface area contributed by atoms with Crippen molar-refractivity contribution in [2.24, 2.45) is 5.92 Å². The number of nitrogen functional groups attached to an aromatic ring is 1. The normalized spacial score (nSPS) is 18.2. The molecule has 3 N–H and O–H groups in total. The summed E-state index contributed by atoms with van der Waals surface area (Å²) in [5, 5.41) is 4.88. The quantitative estimate of drug-likeness (QED) is 0.313. The molecule has 3 aromatic rings. The van der Waals surface area contributed by atoms with Crippen LogP contribution in [0.15, 0.2) is 52.6 Å². The van der Waals surface area contributed by atoms with Crippen LogP contribution in [0.4, 0.5) is 35.0 Å². The first kappa shape index (κ1) is 33.1. The van der Waals surface area contributed by atoms with Crippen LogP contribution in [-0.4, -0.2) is 82.8 Å². The molecule has 1 aromatic carbocycles. The zero-order valence-electron chi connectivity index (χ0n) is 25.5. The maximum atomic E-state index is 14.0. The van der Waals surface area contributed by atoms with Gasteiger partial charge in [-0.1, -0.05) is 0 Å². The fourth-order valence-corrected chi connectivity index (χ4v) is 7.94. The van der Waals surface area contributed by atoms with Crippen molar-refractivity contribution in [1.29, 1.82) is 0 Å². The van der Waals surface area contributed by atoms with Crippen LogP contribution in [0.5, 0.6) is 0 Å². The Labute approximate surface area is 282 Å². The molecule has 0 radical (unpaired) electrons. The molecule has 2 fully saturated rings. The lowest BCUT2D eigenvalue weighted by molar-refractivity contribution is -0.142. The van der Waals surface area contributed by atoms with Crippen LogP contribution >= 0.6 is 27.3 Å². The van der Waals surface area contributed by atoms with Gasteiger partial charge in [0.1, 0.15) is 0 Å². The molecule has 0 bridgehead atoms. The summed E-state index contributed by atoms with van der Waals surface area (Å²) < 4.78 is 41.5. The number of alkyl halides is 3. The highest BCUT2D eigenvalue weighted by Gasteiger charge is 2.37. The Kier molecular flexibility index (Phi) is 9.65. The summed E-state index contributed by atoms with van der Waals surface area (Å²) in [5.74, 6) is -1.36. The first-order chi connectivity index (χ1) is 22.5. The van der Waals surface area contributed by atoms with Gasteiger partial charge in [0, 0.05) is 79.2 Å². The van der Waals surface area contributed by atoms with Crippen LogP contribution in [0.25, 0.3) is 0 Å². The largest absolute Gasteiger partial charge is 0.418 e. The number of urea groups is 1. The highest BCUT2D eigenvalue weighted by atomic mass is 79.9. The number of aromatic nitrogens is 1. The molecule has 0 spiro atoms. The average Bonchev–Trinajstić information content (AvgIpc) is 3.52. The summed E-state index contributed by atoms with van der Waals surface area (Å²) in [7, 11) is 0. The van der Waals surface area contributed by atoms with E-state index in [2.05, 4.69) is 31.1 Å². The smallest absolute Gasteiger partial charge is 0.397 e. The van der Waals surface area contributed by atoms with Crippen LogP contribution in [0, 0.1) is 5.92 Å². The van der Waals surface area contributed by atoms with Crippen molar-refractivity contribution in [2.75, 3.05) is 55.2 Å². The van der Waals surface area contributed by atoms with E-state index in [1.165, 1.54) is 6.07 Å². The molecule has 2 aromatic heterocycles. The second kappa shape index (κ2) is 13.7. The minimum atomic E-state index is -4.68. The number of nitrogens with two attached hydrogens (primary N) is 1. The van der Waals surface area contributed by atoms with Crippen LogP contribution in [-0.2, 0) is 28.7 Å². The molecule has 2 saturated heterocycles. The van der Waals surface area contributed by atoms with Gasteiger partial charge in [0.05, 0.1) is 29.4 Å². The average molecular weight is 735 g/mol. The van der Waals surface area contributed by atoms with E-state index in [4.69, 9.17) is 5.73 Å². The van der Waals surface area contributed by atoms with Gasteiger partial charge in [-0.25, -0.2) is 4.79 Å². The monoisotopic (exact) mass is 733 g/mol. The van der Waals surface area contributed by atoms with Gasteiger partial charge in [-0.2, -0.15) is 13.2 Å². The lowest BCUT2D eigenvalue weighted by Gasteiger charge is -2.40. The molecule has 0 aliphatic carbocycles. The molecule has 250 valence electrons. The number of nitrogens with zero attached hydrogens (tertiary/aromatic N) is 5. The second-order valence-electron chi connectivity index (χ2n) is 12.1. The number of amides is 4. The number of fused-ring (bicyclic) bond motifs is 1. The molecule has 5 heterocycles. The molecule has 47 heavy (non-hydrogen) atoms. The Bertz CT molecular complexity index is 1620. The highest BCUT2D eigenvalue weighted by Crippen LogP contribution is 2.39.